The van der Waals surface area contributed by atoms with Crippen molar-refractivity contribution in [2.45, 2.75) is 45.3 Å². The second-order valence-electron chi connectivity index (χ2n) is 5.43. The Kier molecular flexibility index (Phi) is 5.36. The van der Waals surface area contributed by atoms with E-state index in [0.29, 0.717) is 13.0 Å². The van der Waals surface area contributed by atoms with E-state index in [1.807, 2.05) is 0 Å². The first-order valence-electron chi connectivity index (χ1n) is 6.14. The summed E-state index contributed by atoms with van der Waals surface area (Å²) in [6.45, 7) is 5.84. The SMILES string of the molecule is CC(C)(CCO)CNCC1CCC(C(=O)O)O1. The fourth-order valence-electron chi connectivity index (χ4n) is 2.00. The molecule has 1 aliphatic heterocycles. The molecule has 1 rings (SSSR count). The summed E-state index contributed by atoms with van der Waals surface area (Å²) in [6.07, 6.45) is 1.52. The van der Waals surface area contributed by atoms with E-state index in [9.17, 15) is 4.79 Å². The largest absolute Gasteiger partial charge is 0.479 e. The minimum Gasteiger partial charge on any atom is -0.479 e. The van der Waals surface area contributed by atoms with Crippen molar-refractivity contribution in [2.24, 2.45) is 5.41 Å². The topological polar surface area (TPSA) is 78.8 Å². The first-order chi connectivity index (χ1) is 7.94. The number of aliphatic hydroxyl groups is 1. The van der Waals surface area contributed by atoms with Gasteiger partial charge in [-0.05, 0) is 24.7 Å². The van der Waals surface area contributed by atoms with Crippen molar-refractivity contribution in [1.29, 1.82) is 0 Å². The summed E-state index contributed by atoms with van der Waals surface area (Å²) in [7, 11) is 0. The molecule has 5 nitrogen and oxygen atoms in total. The van der Waals surface area contributed by atoms with Crippen LogP contribution in [0.2, 0.25) is 0 Å². The fourth-order valence-corrected chi connectivity index (χ4v) is 2.00. The van der Waals surface area contributed by atoms with E-state index in [4.69, 9.17) is 14.9 Å². The Bertz CT molecular complexity index is 255. The van der Waals surface area contributed by atoms with Crippen molar-refractivity contribution in [2.75, 3.05) is 19.7 Å². The molecule has 0 amide bonds. The lowest BCUT2D eigenvalue weighted by Crippen LogP contribution is -2.35. The number of carboxylic acid groups (broad SMARTS) is 1. The van der Waals surface area contributed by atoms with E-state index in [1.165, 1.54) is 0 Å². The molecule has 1 fully saturated rings. The van der Waals surface area contributed by atoms with Gasteiger partial charge in [0.1, 0.15) is 0 Å². The zero-order chi connectivity index (χ0) is 12.9. The molecule has 0 aromatic carbocycles. The normalized spacial score (nSPS) is 25.1. The van der Waals surface area contributed by atoms with Gasteiger partial charge in [-0.2, -0.15) is 0 Å². The molecule has 0 saturated carbocycles. The van der Waals surface area contributed by atoms with Gasteiger partial charge >= 0.3 is 5.97 Å². The van der Waals surface area contributed by atoms with Crippen molar-refractivity contribution < 1.29 is 19.7 Å². The maximum absolute atomic E-state index is 10.7. The third-order valence-electron chi connectivity index (χ3n) is 3.15. The number of ether oxygens (including phenoxy) is 1. The van der Waals surface area contributed by atoms with Crippen LogP contribution in [0.15, 0.2) is 0 Å². The first-order valence-corrected chi connectivity index (χ1v) is 6.14. The molecule has 0 bridgehead atoms. The second kappa shape index (κ2) is 6.33. The monoisotopic (exact) mass is 245 g/mol. The van der Waals surface area contributed by atoms with Gasteiger partial charge in [-0.3, -0.25) is 0 Å². The number of hydrogen-bond acceptors (Lipinski definition) is 4. The third-order valence-corrected chi connectivity index (χ3v) is 3.15. The van der Waals surface area contributed by atoms with Crippen LogP contribution in [0.1, 0.15) is 33.1 Å². The second-order valence-corrected chi connectivity index (χ2v) is 5.43. The van der Waals surface area contributed by atoms with Crippen molar-refractivity contribution in [3.8, 4) is 0 Å². The summed E-state index contributed by atoms with van der Waals surface area (Å²) in [5, 5.41) is 21.0. The van der Waals surface area contributed by atoms with Crippen LogP contribution in [-0.2, 0) is 9.53 Å². The Balaban J connectivity index is 2.18. The molecule has 1 heterocycles. The number of aliphatic hydroxyl groups excluding tert-OH is 1. The number of carboxylic acids is 1. The van der Waals surface area contributed by atoms with Gasteiger partial charge < -0.3 is 20.3 Å². The summed E-state index contributed by atoms with van der Waals surface area (Å²) in [5.74, 6) is -0.867. The van der Waals surface area contributed by atoms with Crippen LogP contribution in [-0.4, -0.2) is 48.1 Å². The highest BCUT2D eigenvalue weighted by Gasteiger charge is 2.30. The van der Waals surface area contributed by atoms with Crippen LogP contribution in [0.4, 0.5) is 0 Å². The van der Waals surface area contributed by atoms with Gasteiger partial charge in [0.25, 0.3) is 0 Å². The van der Waals surface area contributed by atoms with Crippen molar-refractivity contribution in [3.63, 3.8) is 0 Å². The molecule has 100 valence electrons. The van der Waals surface area contributed by atoms with Gasteiger partial charge in [-0.25, -0.2) is 4.79 Å². The molecular formula is C12H23NO4. The number of carbonyl (C=O) groups is 1. The van der Waals surface area contributed by atoms with Crippen molar-refractivity contribution in [1.82, 2.24) is 5.32 Å². The summed E-state index contributed by atoms with van der Waals surface area (Å²) in [4.78, 5) is 10.7. The Hall–Kier alpha value is -0.650. The lowest BCUT2D eigenvalue weighted by molar-refractivity contribution is -0.149. The maximum Gasteiger partial charge on any atom is 0.332 e. The van der Waals surface area contributed by atoms with Gasteiger partial charge in [0.2, 0.25) is 0 Å². The highest BCUT2D eigenvalue weighted by molar-refractivity contribution is 5.72. The van der Waals surface area contributed by atoms with Crippen LogP contribution in [0, 0.1) is 5.41 Å². The molecular weight excluding hydrogens is 222 g/mol. The van der Waals surface area contributed by atoms with Crippen LogP contribution < -0.4 is 5.32 Å². The summed E-state index contributed by atoms with van der Waals surface area (Å²) < 4.78 is 5.39. The molecule has 1 aliphatic rings. The van der Waals surface area contributed by atoms with Gasteiger partial charge in [0.05, 0.1) is 6.10 Å². The Labute approximate surface area is 102 Å². The molecule has 2 unspecified atom stereocenters. The molecule has 17 heavy (non-hydrogen) atoms. The van der Waals surface area contributed by atoms with E-state index in [2.05, 4.69) is 19.2 Å². The van der Waals surface area contributed by atoms with E-state index >= 15 is 0 Å². The summed E-state index contributed by atoms with van der Waals surface area (Å²) in [6, 6.07) is 0. The maximum atomic E-state index is 10.7. The highest BCUT2D eigenvalue weighted by atomic mass is 16.5. The Morgan fingerprint density at radius 3 is 2.71 bits per heavy atom. The number of rotatable bonds is 7. The molecule has 5 heteroatoms. The minimum atomic E-state index is -0.867. The van der Waals surface area contributed by atoms with Crippen LogP contribution in [0.3, 0.4) is 0 Å². The predicted octanol–water partition coefficient (Wildman–Crippen LogP) is 0.617. The number of aliphatic carboxylic acids is 1. The van der Waals surface area contributed by atoms with Gasteiger partial charge in [-0.1, -0.05) is 13.8 Å². The van der Waals surface area contributed by atoms with Crippen LogP contribution in [0.25, 0.3) is 0 Å². The first kappa shape index (κ1) is 14.4. The zero-order valence-corrected chi connectivity index (χ0v) is 10.6. The summed E-state index contributed by atoms with van der Waals surface area (Å²) >= 11 is 0. The lowest BCUT2D eigenvalue weighted by Gasteiger charge is -2.24. The van der Waals surface area contributed by atoms with Gasteiger partial charge in [0, 0.05) is 19.7 Å². The highest BCUT2D eigenvalue weighted by Crippen LogP contribution is 2.21. The van der Waals surface area contributed by atoms with Crippen molar-refractivity contribution in [3.05, 3.63) is 0 Å². The molecule has 0 aromatic heterocycles. The molecule has 3 N–H and O–H groups in total. The third kappa shape index (κ3) is 5.02. The predicted molar refractivity (Wildman–Crippen MR) is 63.9 cm³/mol. The molecule has 1 saturated heterocycles. The average molecular weight is 245 g/mol. The van der Waals surface area contributed by atoms with Gasteiger partial charge in [-0.15, -0.1) is 0 Å². The molecule has 2 atom stereocenters. The molecule has 0 radical (unpaired) electrons. The van der Waals surface area contributed by atoms with E-state index in [-0.39, 0.29) is 18.1 Å². The van der Waals surface area contributed by atoms with Crippen LogP contribution >= 0.6 is 0 Å². The van der Waals surface area contributed by atoms with Gasteiger partial charge in [0.15, 0.2) is 6.10 Å². The van der Waals surface area contributed by atoms with E-state index < -0.39 is 12.1 Å². The Morgan fingerprint density at radius 1 is 1.47 bits per heavy atom. The average Bonchev–Trinajstić information content (AvgIpc) is 2.66. The quantitative estimate of drug-likeness (QED) is 0.612. The molecule has 0 aliphatic carbocycles. The van der Waals surface area contributed by atoms with E-state index in [0.717, 1.165) is 19.4 Å². The fraction of sp³-hybridized carbons (Fsp3) is 0.917. The van der Waals surface area contributed by atoms with Crippen molar-refractivity contribution >= 4 is 5.97 Å². The number of nitrogens with one attached hydrogen (secondary N) is 1. The molecule has 0 spiro atoms. The molecule has 0 aromatic rings. The number of hydrogen-bond donors (Lipinski definition) is 3. The van der Waals surface area contributed by atoms with E-state index in [1.54, 1.807) is 0 Å². The Morgan fingerprint density at radius 2 is 2.18 bits per heavy atom. The lowest BCUT2D eigenvalue weighted by atomic mass is 9.90. The zero-order valence-electron chi connectivity index (χ0n) is 10.6. The van der Waals surface area contributed by atoms with Crippen LogP contribution in [0.5, 0.6) is 0 Å². The minimum absolute atomic E-state index is 0.000950. The summed E-state index contributed by atoms with van der Waals surface area (Å²) in [5.41, 5.74) is 0.0551. The standard InChI is InChI=1S/C12H23NO4/c1-12(2,5-6-14)8-13-7-9-3-4-10(17-9)11(15)16/h9-10,13-14H,3-8H2,1-2H3,(H,15,16). The smallest absolute Gasteiger partial charge is 0.332 e.